The summed E-state index contributed by atoms with van der Waals surface area (Å²) in [7, 11) is 0. The van der Waals surface area contributed by atoms with Gasteiger partial charge in [-0.1, -0.05) is 48.9 Å². The van der Waals surface area contributed by atoms with Crippen molar-refractivity contribution in [2.45, 2.75) is 38.1 Å². The normalized spacial score (nSPS) is 11.7. The predicted octanol–water partition coefficient (Wildman–Crippen LogP) is 6.36. The van der Waals surface area contributed by atoms with E-state index < -0.39 is 0 Å². The molecule has 4 heteroatoms. The molecule has 0 saturated heterocycles. The van der Waals surface area contributed by atoms with Gasteiger partial charge in [0, 0.05) is 16.2 Å². The number of aryl methyl sites for hydroxylation is 2. The lowest BCUT2D eigenvalue weighted by Crippen LogP contribution is -2.28. The maximum atomic E-state index is 12.7. The minimum absolute atomic E-state index is 0.00374. The SMILES string of the molecule is CCC(NC(=O)c1ccc(OCCSc2ccccc2)cc1)c1ccc(C)cc1C. The van der Waals surface area contributed by atoms with Crippen molar-refractivity contribution in [3.63, 3.8) is 0 Å². The standard InChI is InChI=1S/C26H29NO2S/c1-4-25(24-15-10-19(2)18-20(24)3)27-26(28)21-11-13-22(14-12-21)29-16-17-30-23-8-6-5-7-9-23/h5-15,18,25H,4,16-17H2,1-3H3,(H,27,28). The third kappa shape index (κ3) is 6.14. The summed E-state index contributed by atoms with van der Waals surface area (Å²) >= 11 is 1.77. The predicted molar refractivity (Wildman–Crippen MR) is 126 cm³/mol. The first-order valence-electron chi connectivity index (χ1n) is 10.4. The molecule has 0 saturated carbocycles. The first kappa shape index (κ1) is 22.0. The molecule has 1 N–H and O–H groups in total. The molecule has 3 aromatic rings. The maximum Gasteiger partial charge on any atom is 0.251 e. The Morgan fingerprint density at radius 1 is 1.00 bits per heavy atom. The van der Waals surface area contributed by atoms with Crippen LogP contribution in [0.15, 0.2) is 77.7 Å². The van der Waals surface area contributed by atoms with Crippen LogP contribution in [0.4, 0.5) is 0 Å². The van der Waals surface area contributed by atoms with E-state index >= 15 is 0 Å². The van der Waals surface area contributed by atoms with Crippen molar-refractivity contribution in [2.75, 3.05) is 12.4 Å². The average molecular weight is 420 g/mol. The second-order valence-electron chi connectivity index (χ2n) is 7.33. The van der Waals surface area contributed by atoms with Crippen LogP contribution in [0, 0.1) is 13.8 Å². The zero-order valence-corrected chi connectivity index (χ0v) is 18.7. The van der Waals surface area contributed by atoms with E-state index in [-0.39, 0.29) is 11.9 Å². The largest absolute Gasteiger partial charge is 0.493 e. The second-order valence-corrected chi connectivity index (χ2v) is 8.50. The molecule has 1 amide bonds. The van der Waals surface area contributed by atoms with Gasteiger partial charge < -0.3 is 10.1 Å². The highest BCUT2D eigenvalue weighted by Gasteiger charge is 2.16. The van der Waals surface area contributed by atoms with Crippen LogP contribution in [0.2, 0.25) is 0 Å². The topological polar surface area (TPSA) is 38.3 Å². The summed E-state index contributed by atoms with van der Waals surface area (Å²) in [5.41, 5.74) is 4.26. The van der Waals surface area contributed by atoms with Crippen LogP contribution in [0.3, 0.4) is 0 Å². The van der Waals surface area contributed by atoms with Gasteiger partial charge in [0.1, 0.15) is 5.75 Å². The average Bonchev–Trinajstić information content (AvgIpc) is 2.76. The summed E-state index contributed by atoms with van der Waals surface area (Å²) in [6, 6.07) is 24.0. The molecule has 0 aliphatic rings. The fourth-order valence-corrected chi connectivity index (χ4v) is 4.15. The molecule has 1 atom stereocenters. The summed E-state index contributed by atoms with van der Waals surface area (Å²) in [4.78, 5) is 14.0. The van der Waals surface area contributed by atoms with Crippen molar-refractivity contribution in [2.24, 2.45) is 0 Å². The lowest BCUT2D eigenvalue weighted by Gasteiger charge is -2.20. The van der Waals surface area contributed by atoms with Crippen molar-refractivity contribution < 1.29 is 9.53 Å². The third-order valence-electron chi connectivity index (χ3n) is 4.99. The van der Waals surface area contributed by atoms with Gasteiger partial charge in [-0.05, 0) is 67.8 Å². The van der Waals surface area contributed by atoms with Crippen LogP contribution >= 0.6 is 11.8 Å². The van der Waals surface area contributed by atoms with E-state index in [0.717, 1.165) is 17.9 Å². The first-order valence-corrected chi connectivity index (χ1v) is 11.3. The van der Waals surface area contributed by atoms with Gasteiger partial charge in [0.15, 0.2) is 0 Å². The Bertz CT molecular complexity index is 955. The van der Waals surface area contributed by atoms with Crippen LogP contribution in [-0.2, 0) is 0 Å². The summed E-state index contributed by atoms with van der Waals surface area (Å²) in [5, 5.41) is 3.17. The van der Waals surface area contributed by atoms with E-state index in [9.17, 15) is 4.79 Å². The number of ether oxygens (including phenoxy) is 1. The molecular weight excluding hydrogens is 390 g/mol. The van der Waals surface area contributed by atoms with Gasteiger partial charge in [-0.15, -0.1) is 11.8 Å². The quantitative estimate of drug-likeness (QED) is 0.324. The first-order chi connectivity index (χ1) is 14.6. The van der Waals surface area contributed by atoms with E-state index in [2.05, 4.69) is 56.4 Å². The highest BCUT2D eigenvalue weighted by molar-refractivity contribution is 7.99. The number of carbonyl (C=O) groups is 1. The number of nitrogens with one attached hydrogen (secondary N) is 1. The van der Waals surface area contributed by atoms with Crippen molar-refractivity contribution in [1.82, 2.24) is 5.32 Å². The minimum Gasteiger partial charge on any atom is -0.493 e. The maximum absolute atomic E-state index is 12.7. The summed E-state index contributed by atoms with van der Waals surface area (Å²) in [6.07, 6.45) is 0.843. The van der Waals surface area contributed by atoms with Crippen molar-refractivity contribution in [3.05, 3.63) is 95.1 Å². The van der Waals surface area contributed by atoms with E-state index in [1.165, 1.54) is 21.6 Å². The summed E-state index contributed by atoms with van der Waals surface area (Å²) < 4.78 is 5.81. The van der Waals surface area contributed by atoms with Crippen LogP contribution < -0.4 is 10.1 Å². The molecule has 0 bridgehead atoms. The molecule has 0 aromatic heterocycles. The molecule has 30 heavy (non-hydrogen) atoms. The number of hydrogen-bond acceptors (Lipinski definition) is 3. The van der Waals surface area contributed by atoms with Crippen molar-refractivity contribution in [3.8, 4) is 5.75 Å². The highest BCUT2D eigenvalue weighted by atomic mass is 32.2. The lowest BCUT2D eigenvalue weighted by molar-refractivity contribution is 0.0935. The molecule has 0 radical (unpaired) electrons. The van der Waals surface area contributed by atoms with Gasteiger partial charge in [-0.25, -0.2) is 0 Å². The van der Waals surface area contributed by atoms with E-state index in [0.29, 0.717) is 12.2 Å². The Labute approximate surface area is 183 Å². The Hall–Kier alpha value is -2.72. The molecule has 3 rings (SSSR count). The van der Waals surface area contributed by atoms with E-state index in [4.69, 9.17) is 4.74 Å². The lowest BCUT2D eigenvalue weighted by atomic mass is 9.97. The number of hydrogen-bond donors (Lipinski definition) is 1. The van der Waals surface area contributed by atoms with Gasteiger partial charge in [0.05, 0.1) is 12.6 Å². The van der Waals surface area contributed by atoms with Crippen LogP contribution in [-0.4, -0.2) is 18.3 Å². The number of benzene rings is 3. The zero-order chi connectivity index (χ0) is 21.3. The smallest absolute Gasteiger partial charge is 0.251 e. The summed E-state index contributed by atoms with van der Waals surface area (Å²) in [6.45, 7) is 6.89. The number of carbonyl (C=O) groups excluding carboxylic acids is 1. The fraction of sp³-hybridized carbons (Fsp3) is 0.269. The van der Waals surface area contributed by atoms with Crippen LogP contribution in [0.5, 0.6) is 5.75 Å². The molecule has 0 spiro atoms. The zero-order valence-electron chi connectivity index (χ0n) is 17.9. The monoisotopic (exact) mass is 419 g/mol. The second kappa shape index (κ2) is 10.9. The Kier molecular flexibility index (Phi) is 7.97. The van der Waals surface area contributed by atoms with Gasteiger partial charge in [-0.2, -0.15) is 0 Å². The molecule has 1 unspecified atom stereocenters. The summed E-state index contributed by atoms with van der Waals surface area (Å²) in [5.74, 6) is 1.59. The Balaban J connectivity index is 1.52. The number of thioether (sulfide) groups is 1. The third-order valence-corrected chi connectivity index (χ3v) is 5.97. The molecule has 0 aliphatic heterocycles. The molecule has 0 fully saturated rings. The minimum atomic E-state index is -0.0620. The Morgan fingerprint density at radius 3 is 2.40 bits per heavy atom. The molecule has 0 heterocycles. The van der Waals surface area contributed by atoms with Gasteiger partial charge in [0.2, 0.25) is 0 Å². The highest BCUT2D eigenvalue weighted by Crippen LogP contribution is 2.23. The molecule has 3 aromatic carbocycles. The molecule has 156 valence electrons. The van der Waals surface area contributed by atoms with Gasteiger partial charge >= 0.3 is 0 Å². The van der Waals surface area contributed by atoms with Gasteiger partial charge in [0.25, 0.3) is 5.91 Å². The number of amides is 1. The fourth-order valence-electron chi connectivity index (χ4n) is 3.40. The van der Waals surface area contributed by atoms with Crippen molar-refractivity contribution in [1.29, 1.82) is 0 Å². The Morgan fingerprint density at radius 2 is 1.73 bits per heavy atom. The molecule has 0 aliphatic carbocycles. The molecular formula is C26H29NO2S. The van der Waals surface area contributed by atoms with E-state index in [1.807, 2.05) is 42.5 Å². The van der Waals surface area contributed by atoms with Crippen molar-refractivity contribution >= 4 is 17.7 Å². The van der Waals surface area contributed by atoms with Crippen LogP contribution in [0.25, 0.3) is 0 Å². The number of rotatable bonds is 9. The van der Waals surface area contributed by atoms with Crippen LogP contribution in [0.1, 0.15) is 46.4 Å². The van der Waals surface area contributed by atoms with E-state index in [1.54, 1.807) is 11.8 Å². The van der Waals surface area contributed by atoms with Gasteiger partial charge in [-0.3, -0.25) is 4.79 Å². The molecule has 3 nitrogen and oxygen atoms in total.